The lowest BCUT2D eigenvalue weighted by Crippen LogP contribution is -2.06. The second kappa shape index (κ2) is 15.4. The Bertz CT molecular complexity index is 1630. The third-order valence-corrected chi connectivity index (χ3v) is 7.11. The summed E-state index contributed by atoms with van der Waals surface area (Å²) in [4.78, 5) is 34.5. The zero-order chi connectivity index (χ0) is 31.5. The summed E-state index contributed by atoms with van der Waals surface area (Å²) in [6, 6.07) is 18.8. The van der Waals surface area contributed by atoms with Gasteiger partial charge in [-0.3, -0.25) is 14.4 Å². The van der Waals surface area contributed by atoms with Crippen molar-refractivity contribution in [2.75, 3.05) is 20.3 Å². The van der Waals surface area contributed by atoms with E-state index < -0.39 is 11.9 Å². The molecule has 3 aromatic carbocycles. The Morgan fingerprint density at radius 1 is 0.818 bits per heavy atom. The lowest BCUT2D eigenvalue weighted by Gasteiger charge is -2.13. The largest absolute Gasteiger partial charge is 0.496 e. The summed E-state index contributed by atoms with van der Waals surface area (Å²) >= 11 is 0. The molecule has 4 aromatic rings. The van der Waals surface area contributed by atoms with Crippen molar-refractivity contribution < 1.29 is 38.8 Å². The molecule has 4 rings (SSSR count). The van der Waals surface area contributed by atoms with E-state index in [4.69, 9.17) is 19.3 Å². The molecule has 0 saturated carbocycles. The summed E-state index contributed by atoms with van der Waals surface area (Å²) in [5.74, 6) is -0.116. The second-order valence-electron chi connectivity index (χ2n) is 10.4. The Balaban J connectivity index is 1.33. The zero-order valence-electron chi connectivity index (χ0n) is 25.0. The van der Waals surface area contributed by atoms with Gasteiger partial charge in [-0.15, -0.1) is 0 Å². The van der Waals surface area contributed by atoms with Crippen molar-refractivity contribution >= 4 is 40.8 Å². The van der Waals surface area contributed by atoms with Gasteiger partial charge in [0.1, 0.15) is 22.8 Å². The van der Waals surface area contributed by atoms with Crippen molar-refractivity contribution in [2.24, 2.45) is 0 Å². The van der Waals surface area contributed by atoms with Crippen molar-refractivity contribution in [3.8, 4) is 17.2 Å². The molecule has 0 aliphatic rings. The Labute approximate surface area is 256 Å². The molecule has 2 N–H and O–H groups in total. The maximum absolute atomic E-state index is 12.0. The highest BCUT2D eigenvalue weighted by Crippen LogP contribution is 2.30. The minimum absolute atomic E-state index is 0.0505. The minimum atomic E-state index is -0.921. The first-order chi connectivity index (χ1) is 21.3. The van der Waals surface area contributed by atoms with Crippen LogP contribution >= 0.6 is 0 Å². The number of carboxylic acid groups (broad SMARTS) is 2. The predicted octanol–water partition coefficient (Wildman–Crippen LogP) is 6.75. The van der Waals surface area contributed by atoms with Crippen LogP contribution in [0.4, 0.5) is 0 Å². The van der Waals surface area contributed by atoms with Gasteiger partial charge in [-0.05, 0) is 73.2 Å². The molecule has 0 saturated heterocycles. The Hall–Kier alpha value is -5.05. The van der Waals surface area contributed by atoms with Gasteiger partial charge in [0.15, 0.2) is 5.78 Å². The number of hydrogen-bond acceptors (Lipinski definition) is 6. The monoisotopic (exact) mass is 599 g/mol. The Kier molecular flexibility index (Phi) is 11.2. The van der Waals surface area contributed by atoms with Crippen LogP contribution in [-0.2, 0) is 22.6 Å². The number of aryl methyl sites for hydroxylation is 1. The standard InChI is InChI=1S/C35H37NO8/c1-24(37)34-30(42-2)10-6-11-31(34)44-21-4-3-20-43-28-17-14-25(15-18-28)13-16-26-8-5-9-29-35(26)27(22-33(40)41)23-36(29)19-7-12-32(38)39/h5-6,8-11,13-18,23H,3-4,7,12,19-22H2,1-2H3,(H,38,39)(H,40,41). The van der Waals surface area contributed by atoms with Crippen LogP contribution in [0.1, 0.15) is 59.7 Å². The molecule has 44 heavy (non-hydrogen) atoms. The molecule has 9 nitrogen and oxygen atoms in total. The molecule has 230 valence electrons. The van der Waals surface area contributed by atoms with Crippen molar-refractivity contribution in [1.29, 1.82) is 0 Å². The highest BCUT2D eigenvalue weighted by Gasteiger charge is 2.15. The third-order valence-electron chi connectivity index (χ3n) is 7.11. The Morgan fingerprint density at radius 2 is 1.52 bits per heavy atom. The molecular formula is C35H37NO8. The van der Waals surface area contributed by atoms with Crippen LogP contribution in [0.2, 0.25) is 0 Å². The lowest BCUT2D eigenvalue weighted by atomic mass is 10.0. The summed E-state index contributed by atoms with van der Waals surface area (Å²) in [5.41, 5.74) is 3.88. The van der Waals surface area contributed by atoms with E-state index in [0.717, 1.165) is 40.6 Å². The molecule has 0 aliphatic heterocycles. The summed E-state index contributed by atoms with van der Waals surface area (Å²) in [6.07, 6.45) is 7.67. The number of Topliss-reactive ketones (excluding diaryl/α,β-unsaturated/α-hetero) is 1. The number of fused-ring (bicyclic) bond motifs is 1. The highest BCUT2D eigenvalue weighted by molar-refractivity contribution is 5.99. The van der Waals surface area contributed by atoms with Gasteiger partial charge < -0.3 is 29.0 Å². The molecule has 0 unspecified atom stereocenters. The number of aromatic nitrogens is 1. The SMILES string of the molecule is COc1cccc(OCCCCOc2ccc(C=Cc3cccc4c3c(CC(=O)O)cn4CCCC(=O)O)cc2)c1C(C)=O. The average molecular weight is 600 g/mol. The normalized spacial score (nSPS) is 11.1. The maximum Gasteiger partial charge on any atom is 0.307 e. The van der Waals surface area contributed by atoms with Crippen LogP contribution in [0, 0.1) is 0 Å². The van der Waals surface area contributed by atoms with Gasteiger partial charge in [0.2, 0.25) is 0 Å². The maximum atomic E-state index is 12.0. The van der Waals surface area contributed by atoms with E-state index in [1.54, 1.807) is 18.2 Å². The number of carbonyl (C=O) groups is 3. The lowest BCUT2D eigenvalue weighted by molar-refractivity contribution is -0.137. The number of aliphatic carboxylic acids is 2. The molecule has 1 aromatic heterocycles. The molecule has 9 heteroatoms. The van der Waals surface area contributed by atoms with Gasteiger partial charge in [-0.25, -0.2) is 0 Å². The van der Waals surface area contributed by atoms with Gasteiger partial charge >= 0.3 is 11.9 Å². The molecule has 0 radical (unpaired) electrons. The molecule has 0 fully saturated rings. The molecule has 0 amide bonds. The van der Waals surface area contributed by atoms with Crippen LogP contribution in [0.3, 0.4) is 0 Å². The number of benzene rings is 3. The number of methoxy groups -OCH3 is 1. The molecule has 0 atom stereocenters. The van der Waals surface area contributed by atoms with Gasteiger partial charge in [0.25, 0.3) is 0 Å². The second-order valence-corrected chi connectivity index (χ2v) is 10.4. The van der Waals surface area contributed by atoms with E-state index in [-0.39, 0.29) is 18.6 Å². The summed E-state index contributed by atoms with van der Waals surface area (Å²) in [5, 5.41) is 19.3. The van der Waals surface area contributed by atoms with E-state index in [1.807, 2.05) is 65.4 Å². The molecule has 0 bridgehead atoms. The van der Waals surface area contributed by atoms with Crippen molar-refractivity contribution in [1.82, 2.24) is 4.57 Å². The van der Waals surface area contributed by atoms with Gasteiger partial charge in [-0.2, -0.15) is 0 Å². The predicted molar refractivity (Wildman–Crippen MR) is 169 cm³/mol. The van der Waals surface area contributed by atoms with Crippen LogP contribution in [0.5, 0.6) is 17.2 Å². The third kappa shape index (κ3) is 8.50. The van der Waals surface area contributed by atoms with E-state index in [2.05, 4.69) is 0 Å². The number of rotatable bonds is 17. The first kappa shape index (κ1) is 31.9. The number of ether oxygens (including phenoxy) is 3. The average Bonchev–Trinajstić information content (AvgIpc) is 3.34. The van der Waals surface area contributed by atoms with Gasteiger partial charge in [0.05, 0.1) is 26.7 Å². The Morgan fingerprint density at radius 3 is 2.20 bits per heavy atom. The van der Waals surface area contributed by atoms with Crippen LogP contribution in [-0.4, -0.2) is 52.8 Å². The minimum Gasteiger partial charge on any atom is -0.496 e. The highest BCUT2D eigenvalue weighted by atomic mass is 16.5. The van der Waals surface area contributed by atoms with E-state index >= 15 is 0 Å². The van der Waals surface area contributed by atoms with Crippen LogP contribution in [0.15, 0.2) is 66.9 Å². The fourth-order valence-corrected chi connectivity index (χ4v) is 5.08. The summed E-state index contributed by atoms with van der Waals surface area (Å²) < 4.78 is 18.9. The molecular weight excluding hydrogens is 562 g/mol. The van der Waals surface area contributed by atoms with E-state index in [0.29, 0.717) is 48.8 Å². The van der Waals surface area contributed by atoms with Crippen molar-refractivity contribution in [3.05, 3.63) is 89.1 Å². The fourth-order valence-electron chi connectivity index (χ4n) is 5.08. The fraction of sp³-hybridized carbons (Fsp3) is 0.286. The quantitative estimate of drug-likeness (QED) is 0.0776. The number of nitrogens with zero attached hydrogens (tertiary/aromatic N) is 1. The zero-order valence-corrected chi connectivity index (χ0v) is 25.0. The van der Waals surface area contributed by atoms with E-state index in [9.17, 15) is 19.5 Å². The number of hydrogen-bond donors (Lipinski definition) is 2. The first-order valence-corrected chi connectivity index (χ1v) is 14.5. The number of unbranched alkanes of at least 4 members (excludes halogenated alkanes) is 1. The summed E-state index contributed by atoms with van der Waals surface area (Å²) in [6.45, 7) is 2.96. The number of carbonyl (C=O) groups excluding carboxylic acids is 1. The molecule has 0 spiro atoms. The van der Waals surface area contributed by atoms with Gasteiger partial charge in [0, 0.05) is 30.1 Å². The van der Waals surface area contributed by atoms with Crippen molar-refractivity contribution in [2.45, 2.75) is 45.6 Å². The van der Waals surface area contributed by atoms with Crippen molar-refractivity contribution in [3.63, 3.8) is 0 Å². The molecule has 0 aliphatic carbocycles. The van der Waals surface area contributed by atoms with Crippen LogP contribution in [0.25, 0.3) is 23.1 Å². The summed E-state index contributed by atoms with van der Waals surface area (Å²) in [7, 11) is 1.53. The van der Waals surface area contributed by atoms with Gasteiger partial charge in [-0.1, -0.05) is 42.5 Å². The van der Waals surface area contributed by atoms with E-state index in [1.165, 1.54) is 14.0 Å². The number of ketones is 1. The smallest absolute Gasteiger partial charge is 0.307 e. The molecule has 1 heterocycles. The number of carboxylic acids is 2. The van der Waals surface area contributed by atoms with Crippen LogP contribution < -0.4 is 14.2 Å². The topological polar surface area (TPSA) is 124 Å². The first-order valence-electron chi connectivity index (χ1n) is 14.5.